The van der Waals surface area contributed by atoms with Crippen LogP contribution in [0.25, 0.3) is 0 Å². The van der Waals surface area contributed by atoms with Crippen LogP contribution in [0, 0.1) is 6.92 Å². The van der Waals surface area contributed by atoms with Crippen LogP contribution in [0.3, 0.4) is 0 Å². The standard InChI is InChI=1S/C15H16N2O2/c1-10-5-6-12(16)9-14(10)17-15(19)8-11-3-2-4-13(18)7-11/h2-7,9,18H,8,16H2,1H3,(H,17,19). The number of carbonyl (C=O) groups is 1. The van der Waals surface area contributed by atoms with Crippen molar-refractivity contribution in [2.24, 2.45) is 0 Å². The third-order valence-corrected chi connectivity index (χ3v) is 2.81. The van der Waals surface area contributed by atoms with E-state index in [4.69, 9.17) is 5.73 Å². The Labute approximate surface area is 111 Å². The Hall–Kier alpha value is -2.49. The zero-order chi connectivity index (χ0) is 13.8. The number of benzene rings is 2. The average molecular weight is 256 g/mol. The predicted molar refractivity (Wildman–Crippen MR) is 76.0 cm³/mol. The van der Waals surface area contributed by atoms with Gasteiger partial charge in [0.25, 0.3) is 0 Å². The van der Waals surface area contributed by atoms with Crippen molar-refractivity contribution < 1.29 is 9.90 Å². The van der Waals surface area contributed by atoms with Gasteiger partial charge in [-0.2, -0.15) is 0 Å². The molecule has 4 nitrogen and oxygen atoms in total. The molecule has 0 spiro atoms. The molecule has 0 fully saturated rings. The first-order valence-corrected chi connectivity index (χ1v) is 5.98. The first-order chi connectivity index (χ1) is 9.04. The molecule has 0 aliphatic carbocycles. The third kappa shape index (κ3) is 3.48. The molecule has 0 heterocycles. The number of nitrogens with two attached hydrogens (primary N) is 1. The van der Waals surface area contributed by atoms with Gasteiger partial charge < -0.3 is 16.2 Å². The first kappa shape index (κ1) is 13.0. The van der Waals surface area contributed by atoms with Crippen molar-refractivity contribution >= 4 is 17.3 Å². The van der Waals surface area contributed by atoms with E-state index in [0.717, 1.165) is 11.1 Å². The Morgan fingerprint density at radius 3 is 2.79 bits per heavy atom. The van der Waals surface area contributed by atoms with Crippen LogP contribution in [0.2, 0.25) is 0 Å². The topological polar surface area (TPSA) is 75.3 Å². The van der Waals surface area contributed by atoms with E-state index in [9.17, 15) is 9.90 Å². The molecule has 0 aromatic heterocycles. The predicted octanol–water partition coefficient (Wildman–Crippen LogP) is 2.46. The molecule has 0 saturated heterocycles. The van der Waals surface area contributed by atoms with Crippen molar-refractivity contribution in [3.05, 3.63) is 53.6 Å². The van der Waals surface area contributed by atoms with Gasteiger partial charge in [-0.15, -0.1) is 0 Å². The zero-order valence-electron chi connectivity index (χ0n) is 10.7. The summed E-state index contributed by atoms with van der Waals surface area (Å²) in [6.45, 7) is 1.91. The second-order valence-corrected chi connectivity index (χ2v) is 4.47. The molecule has 2 aromatic carbocycles. The Balaban J connectivity index is 2.07. The largest absolute Gasteiger partial charge is 0.508 e. The molecular formula is C15H16N2O2. The Morgan fingerprint density at radius 2 is 2.05 bits per heavy atom. The lowest BCUT2D eigenvalue weighted by Crippen LogP contribution is -2.15. The summed E-state index contributed by atoms with van der Waals surface area (Å²) in [5.74, 6) is 0.0183. The number of rotatable bonds is 3. The third-order valence-electron chi connectivity index (χ3n) is 2.81. The quantitative estimate of drug-likeness (QED) is 0.738. The lowest BCUT2D eigenvalue weighted by atomic mass is 10.1. The molecule has 0 radical (unpaired) electrons. The summed E-state index contributed by atoms with van der Waals surface area (Å²) in [6, 6.07) is 12.0. The van der Waals surface area contributed by atoms with E-state index < -0.39 is 0 Å². The fourth-order valence-corrected chi connectivity index (χ4v) is 1.82. The fraction of sp³-hybridized carbons (Fsp3) is 0.133. The van der Waals surface area contributed by atoms with Gasteiger partial charge in [0.2, 0.25) is 5.91 Å². The normalized spacial score (nSPS) is 10.2. The number of phenols is 1. The summed E-state index contributed by atoms with van der Waals surface area (Å²) in [4.78, 5) is 11.9. The minimum atomic E-state index is -0.140. The van der Waals surface area contributed by atoms with Crippen LogP contribution in [0.15, 0.2) is 42.5 Å². The highest BCUT2D eigenvalue weighted by molar-refractivity contribution is 5.93. The molecule has 4 N–H and O–H groups in total. The lowest BCUT2D eigenvalue weighted by molar-refractivity contribution is -0.115. The number of hydrogen-bond acceptors (Lipinski definition) is 3. The summed E-state index contributed by atoms with van der Waals surface area (Å²) in [6.07, 6.45) is 0.211. The van der Waals surface area contributed by atoms with Crippen LogP contribution in [0.1, 0.15) is 11.1 Å². The van der Waals surface area contributed by atoms with Gasteiger partial charge in [-0.3, -0.25) is 4.79 Å². The van der Waals surface area contributed by atoms with Crippen LogP contribution in [-0.2, 0) is 11.2 Å². The Morgan fingerprint density at radius 1 is 1.26 bits per heavy atom. The van der Waals surface area contributed by atoms with E-state index in [0.29, 0.717) is 11.4 Å². The fourth-order valence-electron chi connectivity index (χ4n) is 1.82. The number of aromatic hydroxyl groups is 1. The summed E-state index contributed by atoms with van der Waals surface area (Å²) in [7, 11) is 0. The number of amides is 1. The van der Waals surface area contributed by atoms with E-state index in [1.807, 2.05) is 13.0 Å². The first-order valence-electron chi connectivity index (χ1n) is 5.98. The summed E-state index contributed by atoms with van der Waals surface area (Å²) in [5.41, 5.74) is 8.73. The van der Waals surface area contributed by atoms with Crippen LogP contribution < -0.4 is 11.1 Å². The molecule has 4 heteroatoms. The molecule has 0 unspecified atom stereocenters. The monoisotopic (exact) mass is 256 g/mol. The van der Waals surface area contributed by atoms with Gasteiger partial charge in [0.15, 0.2) is 0 Å². The average Bonchev–Trinajstić information content (AvgIpc) is 2.34. The van der Waals surface area contributed by atoms with Crippen LogP contribution >= 0.6 is 0 Å². The number of phenolic OH excluding ortho intramolecular Hbond substituents is 1. The van der Waals surface area contributed by atoms with Crippen molar-refractivity contribution in [1.29, 1.82) is 0 Å². The highest BCUT2D eigenvalue weighted by Crippen LogP contribution is 2.19. The maximum atomic E-state index is 11.9. The van der Waals surface area contributed by atoms with Gasteiger partial charge in [-0.1, -0.05) is 18.2 Å². The highest BCUT2D eigenvalue weighted by Gasteiger charge is 2.07. The molecule has 0 aliphatic heterocycles. The van der Waals surface area contributed by atoms with Crippen LogP contribution in [0.4, 0.5) is 11.4 Å². The number of hydrogen-bond donors (Lipinski definition) is 3. The van der Waals surface area contributed by atoms with Crippen molar-refractivity contribution in [1.82, 2.24) is 0 Å². The van der Waals surface area contributed by atoms with Gasteiger partial charge in [-0.05, 0) is 42.3 Å². The molecule has 2 aromatic rings. The molecular weight excluding hydrogens is 240 g/mol. The van der Waals surface area contributed by atoms with E-state index >= 15 is 0 Å². The number of aryl methyl sites for hydroxylation is 1. The summed E-state index contributed by atoms with van der Waals surface area (Å²) < 4.78 is 0. The highest BCUT2D eigenvalue weighted by atomic mass is 16.3. The molecule has 1 amide bonds. The van der Waals surface area contributed by atoms with Crippen molar-refractivity contribution in [3.8, 4) is 5.75 Å². The molecule has 2 rings (SSSR count). The van der Waals surface area contributed by atoms with Crippen molar-refractivity contribution in [3.63, 3.8) is 0 Å². The van der Waals surface area contributed by atoms with E-state index in [1.54, 1.807) is 36.4 Å². The maximum absolute atomic E-state index is 11.9. The molecule has 19 heavy (non-hydrogen) atoms. The lowest BCUT2D eigenvalue weighted by Gasteiger charge is -2.09. The van der Waals surface area contributed by atoms with Crippen LogP contribution in [0.5, 0.6) is 5.75 Å². The number of nitrogens with one attached hydrogen (secondary N) is 1. The second-order valence-electron chi connectivity index (χ2n) is 4.47. The molecule has 0 aliphatic rings. The zero-order valence-corrected chi connectivity index (χ0v) is 10.7. The van der Waals surface area contributed by atoms with Crippen molar-refractivity contribution in [2.45, 2.75) is 13.3 Å². The number of nitrogen functional groups attached to an aromatic ring is 1. The van der Waals surface area contributed by atoms with E-state index in [1.165, 1.54) is 0 Å². The van der Waals surface area contributed by atoms with Gasteiger partial charge >= 0.3 is 0 Å². The molecule has 98 valence electrons. The summed E-state index contributed by atoms with van der Waals surface area (Å²) >= 11 is 0. The Bertz CT molecular complexity index is 609. The second kappa shape index (κ2) is 5.44. The van der Waals surface area contributed by atoms with Crippen molar-refractivity contribution in [2.75, 3.05) is 11.1 Å². The minimum absolute atomic E-state index is 0.140. The SMILES string of the molecule is Cc1ccc(N)cc1NC(=O)Cc1cccc(O)c1. The smallest absolute Gasteiger partial charge is 0.228 e. The number of anilines is 2. The van der Waals surface area contributed by atoms with Crippen LogP contribution in [-0.4, -0.2) is 11.0 Å². The Kier molecular flexibility index (Phi) is 3.71. The number of carbonyl (C=O) groups excluding carboxylic acids is 1. The van der Waals surface area contributed by atoms with E-state index in [2.05, 4.69) is 5.32 Å². The van der Waals surface area contributed by atoms with Gasteiger partial charge in [0, 0.05) is 11.4 Å². The summed E-state index contributed by atoms with van der Waals surface area (Å²) in [5, 5.41) is 12.2. The van der Waals surface area contributed by atoms with Gasteiger partial charge in [0.05, 0.1) is 6.42 Å². The maximum Gasteiger partial charge on any atom is 0.228 e. The van der Waals surface area contributed by atoms with Gasteiger partial charge in [0.1, 0.15) is 5.75 Å². The molecule has 0 bridgehead atoms. The van der Waals surface area contributed by atoms with E-state index in [-0.39, 0.29) is 18.1 Å². The molecule has 0 saturated carbocycles. The van der Waals surface area contributed by atoms with Gasteiger partial charge in [-0.25, -0.2) is 0 Å². The minimum Gasteiger partial charge on any atom is -0.508 e. The molecule has 0 atom stereocenters.